The topological polar surface area (TPSA) is 64.7 Å². The van der Waals surface area contributed by atoms with Gasteiger partial charge < -0.3 is 0 Å². The molecule has 0 aromatic carbocycles. The van der Waals surface area contributed by atoms with Gasteiger partial charge in [-0.2, -0.15) is 10.5 Å². The van der Waals surface area contributed by atoms with Crippen molar-refractivity contribution in [2.75, 3.05) is 0 Å². The van der Waals surface area contributed by atoms with E-state index < -0.39 is 0 Å². The van der Waals surface area contributed by atoms with Crippen molar-refractivity contribution in [1.82, 2.24) is 0 Å². The summed E-state index contributed by atoms with van der Waals surface area (Å²) in [6.45, 7) is 2.18. The second-order valence-corrected chi connectivity index (χ2v) is 8.85. The number of unbranched alkanes of at least 4 members (excludes halogenated alkanes) is 4. The highest BCUT2D eigenvalue weighted by Crippen LogP contribution is 2.42. The standard InChI is InChI=1S/C18H17BrN2OS2/c1-2-3-4-5-6-7-14(22)15-8-9-16(23-15)17-12(10-20)13(11-21)18(19)24-17/h8-9H,2-7H2,1H3. The smallest absolute Gasteiger partial charge is 0.172 e. The van der Waals surface area contributed by atoms with Crippen molar-refractivity contribution in [3.8, 4) is 21.9 Å². The Balaban J connectivity index is 2.10. The molecule has 3 nitrogen and oxygen atoms in total. The maximum absolute atomic E-state index is 12.3. The number of halogens is 1. The molecule has 24 heavy (non-hydrogen) atoms. The van der Waals surface area contributed by atoms with Gasteiger partial charge in [0.2, 0.25) is 0 Å². The number of ketones is 1. The predicted molar refractivity (Wildman–Crippen MR) is 102 cm³/mol. The normalized spacial score (nSPS) is 10.3. The monoisotopic (exact) mass is 420 g/mol. The lowest BCUT2D eigenvalue weighted by Crippen LogP contribution is -1.95. The van der Waals surface area contributed by atoms with Crippen LogP contribution in [0.5, 0.6) is 0 Å². The zero-order valence-electron chi connectivity index (χ0n) is 13.4. The highest BCUT2D eigenvalue weighted by atomic mass is 79.9. The molecule has 0 bridgehead atoms. The van der Waals surface area contributed by atoms with Gasteiger partial charge in [-0.15, -0.1) is 22.7 Å². The second-order valence-electron chi connectivity index (χ2n) is 5.43. The number of hydrogen-bond acceptors (Lipinski definition) is 5. The van der Waals surface area contributed by atoms with E-state index in [2.05, 4.69) is 35.0 Å². The Morgan fingerprint density at radius 1 is 1.08 bits per heavy atom. The van der Waals surface area contributed by atoms with Crippen LogP contribution < -0.4 is 0 Å². The molecule has 0 saturated carbocycles. The summed E-state index contributed by atoms with van der Waals surface area (Å²) in [7, 11) is 0. The van der Waals surface area contributed by atoms with Crippen molar-refractivity contribution in [3.63, 3.8) is 0 Å². The fourth-order valence-electron chi connectivity index (χ4n) is 2.41. The Morgan fingerprint density at radius 2 is 1.79 bits per heavy atom. The minimum absolute atomic E-state index is 0.164. The third-order valence-electron chi connectivity index (χ3n) is 3.70. The molecule has 0 spiro atoms. The summed E-state index contributed by atoms with van der Waals surface area (Å²) in [6, 6.07) is 7.86. The molecule has 0 atom stereocenters. The third kappa shape index (κ3) is 4.33. The highest BCUT2D eigenvalue weighted by Gasteiger charge is 2.20. The number of nitriles is 2. The van der Waals surface area contributed by atoms with Crippen LogP contribution in [0.1, 0.15) is 66.2 Å². The minimum Gasteiger partial charge on any atom is -0.293 e. The highest BCUT2D eigenvalue weighted by molar-refractivity contribution is 9.11. The largest absolute Gasteiger partial charge is 0.293 e. The molecule has 6 heteroatoms. The molecule has 0 amide bonds. The summed E-state index contributed by atoms with van der Waals surface area (Å²) in [5, 5.41) is 18.5. The summed E-state index contributed by atoms with van der Waals surface area (Å²) in [5.74, 6) is 0.164. The summed E-state index contributed by atoms with van der Waals surface area (Å²) in [5.41, 5.74) is 0.754. The summed E-state index contributed by atoms with van der Waals surface area (Å²) in [4.78, 5) is 14.6. The Hall–Kier alpha value is -1.47. The fraction of sp³-hybridized carbons (Fsp3) is 0.389. The van der Waals surface area contributed by atoms with Gasteiger partial charge in [0.05, 0.1) is 24.7 Å². The Labute approximate surface area is 158 Å². The molecule has 2 aromatic heterocycles. The van der Waals surface area contributed by atoms with Gasteiger partial charge in [0.15, 0.2) is 5.78 Å². The predicted octanol–water partition coefficient (Wildman–Crippen LogP) is 6.53. The van der Waals surface area contributed by atoms with Crippen molar-refractivity contribution in [1.29, 1.82) is 10.5 Å². The maximum atomic E-state index is 12.3. The SMILES string of the molecule is CCCCCCCC(=O)c1ccc(-c2sc(Br)c(C#N)c2C#N)s1. The first-order chi connectivity index (χ1) is 11.6. The van der Waals surface area contributed by atoms with E-state index in [1.807, 2.05) is 12.1 Å². The van der Waals surface area contributed by atoms with Gasteiger partial charge in [0.1, 0.15) is 12.1 Å². The number of nitrogens with zero attached hydrogens (tertiary/aromatic N) is 2. The average Bonchev–Trinajstić information content (AvgIpc) is 3.18. The number of Topliss-reactive ketones (excluding diaryl/α,β-unsaturated/α-hetero) is 1. The van der Waals surface area contributed by atoms with Crippen LogP contribution in [0.15, 0.2) is 15.9 Å². The van der Waals surface area contributed by atoms with Crippen LogP contribution in [-0.4, -0.2) is 5.78 Å². The van der Waals surface area contributed by atoms with Crippen LogP contribution >= 0.6 is 38.6 Å². The molecule has 124 valence electrons. The molecule has 0 unspecified atom stereocenters. The van der Waals surface area contributed by atoms with E-state index in [0.717, 1.165) is 27.5 Å². The van der Waals surface area contributed by atoms with Gasteiger partial charge in [0.25, 0.3) is 0 Å². The molecule has 0 saturated heterocycles. The van der Waals surface area contributed by atoms with Gasteiger partial charge in [-0.3, -0.25) is 4.79 Å². The van der Waals surface area contributed by atoms with Crippen LogP contribution in [0, 0.1) is 22.7 Å². The van der Waals surface area contributed by atoms with E-state index in [9.17, 15) is 10.1 Å². The Morgan fingerprint density at radius 3 is 2.46 bits per heavy atom. The van der Waals surface area contributed by atoms with Crippen molar-refractivity contribution >= 4 is 44.4 Å². The van der Waals surface area contributed by atoms with Gasteiger partial charge >= 0.3 is 0 Å². The quantitative estimate of drug-likeness (QED) is 0.360. The summed E-state index contributed by atoms with van der Waals surface area (Å²) < 4.78 is 0.661. The average molecular weight is 421 g/mol. The molecule has 0 N–H and O–H groups in total. The van der Waals surface area contributed by atoms with Crippen LogP contribution in [0.2, 0.25) is 0 Å². The zero-order chi connectivity index (χ0) is 17.5. The van der Waals surface area contributed by atoms with E-state index in [0.29, 0.717) is 21.3 Å². The van der Waals surface area contributed by atoms with Gasteiger partial charge in [0, 0.05) is 11.3 Å². The molecular weight excluding hydrogens is 404 g/mol. The first kappa shape index (κ1) is 18.9. The summed E-state index contributed by atoms with van der Waals surface area (Å²) >= 11 is 6.11. The lowest BCUT2D eigenvalue weighted by molar-refractivity contribution is 0.0983. The molecule has 2 aromatic rings. The molecule has 0 aliphatic rings. The number of hydrogen-bond donors (Lipinski definition) is 0. The number of rotatable bonds is 8. The fourth-order valence-corrected chi connectivity index (χ4v) is 5.20. The van der Waals surface area contributed by atoms with Crippen molar-refractivity contribution in [2.24, 2.45) is 0 Å². The molecular formula is C18H17BrN2OS2. The third-order valence-corrected chi connectivity index (χ3v) is 6.87. The van der Waals surface area contributed by atoms with Gasteiger partial charge in [-0.25, -0.2) is 0 Å². The van der Waals surface area contributed by atoms with E-state index >= 15 is 0 Å². The zero-order valence-corrected chi connectivity index (χ0v) is 16.6. The number of carbonyl (C=O) groups is 1. The summed E-state index contributed by atoms with van der Waals surface area (Å²) in [6.07, 6.45) is 6.21. The van der Waals surface area contributed by atoms with Crippen molar-refractivity contribution < 1.29 is 4.79 Å². The lowest BCUT2D eigenvalue weighted by atomic mass is 10.1. The Bertz CT molecular complexity index is 808. The van der Waals surface area contributed by atoms with Crippen LogP contribution in [0.4, 0.5) is 0 Å². The molecule has 0 aliphatic heterocycles. The number of thiophene rings is 2. The van der Waals surface area contributed by atoms with E-state index in [-0.39, 0.29) is 5.78 Å². The first-order valence-corrected chi connectivity index (χ1v) is 10.3. The molecule has 2 heterocycles. The van der Waals surface area contributed by atoms with E-state index in [1.54, 1.807) is 0 Å². The molecule has 2 rings (SSSR count). The van der Waals surface area contributed by atoms with Gasteiger partial charge in [-0.05, 0) is 34.5 Å². The maximum Gasteiger partial charge on any atom is 0.172 e. The minimum atomic E-state index is 0.164. The van der Waals surface area contributed by atoms with Crippen LogP contribution in [0.3, 0.4) is 0 Å². The second kappa shape index (κ2) is 9.13. The van der Waals surface area contributed by atoms with E-state index in [1.165, 1.54) is 41.9 Å². The first-order valence-electron chi connectivity index (χ1n) is 7.88. The lowest BCUT2D eigenvalue weighted by Gasteiger charge is -1.99. The van der Waals surface area contributed by atoms with E-state index in [4.69, 9.17) is 5.26 Å². The van der Waals surface area contributed by atoms with Crippen LogP contribution in [-0.2, 0) is 0 Å². The van der Waals surface area contributed by atoms with Gasteiger partial charge in [-0.1, -0.05) is 32.6 Å². The Kier molecular flexibility index (Phi) is 7.17. The van der Waals surface area contributed by atoms with Crippen molar-refractivity contribution in [2.45, 2.75) is 45.4 Å². The molecule has 0 fully saturated rings. The molecule has 0 radical (unpaired) electrons. The van der Waals surface area contributed by atoms with Crippen LogP contribution in [0.25, 0.3) is 9.75 Å². The number of carbonyl (C=O) groups excluding carboxylic acids is 1. The molecule has 0 aliphatic carbocycles. The van der Waals surface area contributed by atoms with Crippen molar-refractivity contribution in [3.05, 3.63) is 31.9 Å².